The van der Waals surface area contributed by atoms with Gasteiger partial charge in [-0.25, -0.2) is 0 Å². The molecule has 15 heavy (non-hydrogen) atoms. The van der Waals surface area contributed by atoms with Crippen LogP contribution in [0.2, 0.25) is 0 Å². The third kappa shape index (κ3) is 2.48. The molecule has 0 unspecified atom stereocenters. The van der Waals surface area contributed by atoms with Gasteiger partial charge in [0, 0.05) is 0 Å². The number of hydrogen-bond donors (Lipinski definition) is 1. The molecule has 0 bridgehead atoms. The molecule has 2 rings (SSSR count). The Morgan fingerprint density at radius 3 is 2.60 bits per heavy atom. The number of hydrogen-bond acceptors (Lipinski definition) is 1. The first-order valence-electron chi connectivity index (χ1n) is 5.74. The molecule has 80 valence electrons. The standard InChI is InChI=1S/C14H19N/c1-11-4-3-5-14(12(11)2)10-13-6-8-15-9-7-13/h3-5,10,15H,6-9H2,1-2H3. The van der Waals surface area contributed by atoms with Gasteiger partial charge in [0.1, 0.15) is 0 Å². The number of benzene rings is 1. The highest BCUT2D eigenvalue weighted by molar-refractivity contribution is 5.58. The Morgan fingerprint density at radius 2 is 1.87 bits per heavy atom. The largest absolute Gasteiger partial charge is 0.316 e. The molecular weight excluding hydrogens is 182 g/mol. The van der Waals surface area contributed by atoms with E-state index in [1.54, 1.807) is 5.57 Å². The zero-order valence-electron chi connectivity index (χ0n) is 9.64. The number of nitrogens with one attached hydrogen (secondary N) is 1. The smallest absolute Gasteiger partial charge is 0.00113 e. The first-order valence-corrected chi connectivity index (χ1v) is 5.74. The number of rotatable bonds is 1. The van der Waals surface area contributed by atoms with Gasteiger partial charge >= 0.3 is 0 Å². The van der Waals surface area contributed by atoms with Gasteiger partial charge in [0.05, 0.1) is 0 Å². The Labute approximate surface area is 92.2 Å². The summed E-state index contributed by atoms with van der Waals surface area (Å²) >= 11 is 0. The van der Waals surface area contributed by atoms with Crippen LogP contribution in [-0.2, 0) is 0 Å². The van der Waals surface area contributed by atoms with Crippen LogP contribution in [0.4, 0.5) is 0 Å². The fraction of sp³-hybridized carbons (Fsp3) is 0.429. The van der Waals surface area contributed by atoms with Crippen molar-refractivity contribution in [3.8, 4) is 0 Å². The lowest BCUT2D eigenvalue weighted by Crippen LogP contribution is -2.22. The van der Waals surface area contributed by atoms with Gasteiger partial charge in [-0.2, -0.15) is 0 Å². The molecule has 0 aromatic heterocycles. The molecule has 0 spiro atoms. The highest BCUT2D eigenvalue weighted by atomic mass is 14.9. The fourth-order valence-corrected chi connectivity index (χ4v) is 2.04. The monoisotopic (exact) mass is 201 g/mol. The van der Waals surface area contributed by atoms with E-state index in [1.165, 1.54) is 29.5 Å². The molecule has 1 aliphatic heterocycles. The van der Waals surface area contributed by atoms with Crippen molar-refractivity contribution >= 4 is 6.08 Å². The maximum absolute atomic E-state index is 3.39. The lowest BCUT2D eigenvalue weighted by atomic mass is 9.98. The predicted molar refractivity (Wildman–Crippen MR) is 66.0 cm³/mol. The summed E-state index contributed by atoms with van der Waals surface area (Å²) in [5.41, 5.74) is 5.79. The van der Waals surface area contributed by atoms with Crippen molar-refractivity contribution in [3.63, 3.8) is 0 Å². The second-order valence-electron chi connectivity index (χ2n) is 4.34. The molecule has 1 heterocycles. The average Bonchev–Trinajstić information content (AvgIpc) is 2.26. The van der Waals surface area contributed by atoms with Crippen LogP contribution < -0.4 is 5.32 Å². The summed E-state index contributed by atoms with van der Waals surface area (Å²) in [6.45, 7) is 6.66. The van der Waals surface area contributed by atoms with Crippen molar-refractivity contribution in [2.75, 3.05) is 13.1 Å². The highest BCUT2D eigenvalue weighted by Gasteiger charge is 2.05. The van der Waals surface area contributed by atoms with E-state index in [-0.39, 0.29) is 0 Å². The lowest BCUT2D eigenvalue weighted by molar-refractivity contribution is 0.613. The quantitative estimate of drug-likeness (QED) is 0.736. The zero-order chi connectivity index (χ0) is 10.7. The van der Waals surface area contributed by atoms with Gasteiger partial charge in [0.2, 0.25) is 0 Å². The summed E-state index contributed by atoms with van der Waals surface area (Å²) in [5.74, 6) is 0. The first-order chi connectivity index (χ1) is 7.27. The molecular formula is C14H19N. The Bertz CT molecular complexity index is 369. The van der Waals surface area contributed by atoms with Crippen molar-refractivity contribution < 1.29 is 0 Å². The molecule has 0 radical (unpaired) electrons. The second kappa shape index (κ2) is 4.63. The van der Waals surface area contributed by atoms with E-state index in [0.29, 0.717) is 0 Å². The Balaban J connectivity index is 2.25. The molecule has 1 fully saturated rings. The predicted octanol–water partition coefficient (Wildman–Crippen LogP) is 3.07. The fourth-order valence-electron chi connectivity index (χ4n) is 2.04. The topological polar surface area (TPSA) is 12.0 Å². The highest BCUT2D eigenvalue weighted by Crippen LogP contribution is 2.19. The zero-order valence-corrected chi connectivity index (χ0v) is 9.64. The van der Waals surface area contributed by atoms with Crippen molar-refractivity contribution in [2.24, 2.45) is 0 Å². The molecule has 1 heteroatoms. The summed E-state index contributed by atoms with van der Waals surface area (Å²) in [5, 5.41) is 3.39. The van der Waals surface area contributed by atoms with E-state index in [1.807, 2.05) is 0 Å². The molecule has 0 aliphatic carbocycles. The van der Waals surface area contributed by atoms with Crippen LogP contribution in [0.15, 0.2) is 23.8 Å². The molecule has 1 N–H and O–H groups in total. The van der Waals surface area contributed by atoms with Gasteiger partial charge in [0.25, 0.3) is 0 Å². The lowest BCUT2D eigenvalue weighted by Gasteiger charge is -2.16. The Kier molecular flexibility index (Phi) is 3.22. The minimum atomic E-state index is 1.14. The van der Waals surface area contributed by atoms with E-state index < -0.39 is 0 Å². The van der Waals surface area contributed by atoms with Gasteiger partial charge < -0.3 is 5.32 Å². The molecule has 0 saturated carbocycles. The summed E-state index contributed by atoms with van der Waals surface area (Å²) in [6, 6.07) is 6.55. The van der Waals surface area contributed by atoms with E-state index >= 15 is 0 Å². The van der Waals surface area contributed by atoms with Crippen molar-refractivity contribution in [1.82, 2.24) is 5.32 Å². The van der Waals surface area contributed by atoms with Crippen LogP contribution in [0.3, 0.4) is 0 Å². The van der Waals surface area contributed by atoms with Gasteiger partial charge in [-0.3, -0.25) is 0 Å². The molecule has 0 atom stereocenters. The van der Waals surface area contributed by atoms with Crippen molar-refractivity contribution in [1.29, 1.82) is 0 Å². The minimum absolute atomic E-state index is 1.14. The summed E-state index contributed by atoms with van der Waals surface area (Å²) in [7, 11) is 0. The van der Waals surface area contributed by atoms with Gasteiger partial charge in [-0.15, -0.1) is 0 Å². The summed E-state index contributed by atoms with van der Waals surface area (Å²) < 4.78 is 0. The van der Waals surface area contributed by atoms with Crippen molar-refractivity contribution in [3.05, 3.63) is 40.5 Å². The molecule has 1 aromatic carbocycles. The maximum Gasteiger partial charge on any atom is -0.00113 e. The van der Waals surface area contributed by atoms with Crippen LogP contribution >= 0.6 is 0 Å². The second-order valence-corrected chi connectivity index (χ2v) is 4.34. The van der Waals surface area contributed by atoms with Gasteiger partial charge in [0.15, 0.2) is 0 Å². The van der Waals surface area contributed by atoms with E-state index in [9.17, 15) is 0 Å². The third-order valence-electron chi connectivity index (χ3n) is 3.25. The normalized spacial score (nSPS) is 16.5. The molecule has 0 amide bonds. The average molecular weight is 201 g/mol. The van der Waals surface area contributed by atoms with Crippen LogP contribution in [0.25, 0.3) is 6.08 Å². The van der Waals surface area contributed by atoms with Crippen molar-refractivity contribution in [2.45, 2.75) is 26.7 Å². The first kappa shape index (κ1) is 10.4. The third-order valence-corrected chi connectivity index (χ3v) is 3.25. The summed E-state index contributed by atoms with van der Waals surface area (Å²) in [6.07, 6.45) is 4.78. The van der Waals surface area contributed by atoms with Crippen LogP contribution in [0.1, 0.15) is 29.5 Å². The number of piperidine rings is 1. The van der Waals surface area contributed by atoms with Crippen LogP contribution in [0, 0.1) is 13.8 Å². The van der Waals surface area contributed by atoms with Gasteiger partial charge in [-0.05, 0) is 56.5 Å². The minimum Gasteiger partial charge on any atom is -0.316 e. The van der Waals surface area contributed by atoms with E-state index in [2.05, 4.69) is 43.4 Å². The van der Waals surface area contributed by atoms with E-state index in [0.717, 1.165) is 13.1 Å². The molecule has 1 saturated heterocycles. The Hall–Kier alpha value is -1.08. The Morgan fingerprint density at radius 1 is 1.13 bits per heavy atom. The van der Waals surface area contributed by atoms with Crippen LogP contribution in [-0.4, -0.2) is 13.1 Å². The summed E-state index contributed by atoms with van der Waals surface area (Å²) in [4.78, 5) is 0. The molecule has 1 nitrogen and oxygen atoms in total. The van der Waals surface area contributed by atoms with Gasteiger partial charge in [-0.1, -0.05) is 29.8 Å². The van der Waals surface area contributed by atoms with Crippen LogP contribution in [0.5, 0.6) is 0 Å². The van der Waals surface area contributed by atoms with E-state index in [4.69, 9.17) is 0 Å². The SMILES string of the molecule is Cc1cccc(C=C2CCNCC2)c1C. The molecule has 1 aromatic rings. The maximum atomic E-state index is 3.39. The number of aryl methyl sites for hydroxylation is 1. The molecule has 1 aliphatic rings.